The second kappa shape index (κ2) is 5.98. The Kier molecular flexibility index (Phi) is 4.16. The average Bonchev–Trinajstić information content (AvgIpc) is 2.89. The normalized spacial score (nSPS) is 11.6. The number of hydrogen-bond donors (Lipinski definition) is 1. The minimum Gasteiger partial charge on any atom is -0.298 e. The third-order valence-electron chi connectivity index (χ3n) is 3.22. The van der Waals surface area contributed by atoms with Crippen LogP contribution < -0.4 is 5.14 Å². The number of aromatic nitrogens is 2. The summed E-state index contributed by atoms with van der Waals surface area (Å²) in [5.74, 6) is 0.582. The molecule has 3 aromatic rings. The highest BCUT2D eigenvalue weighted by Gasteiger charge is 2.13. The predicted octanol–water partition coefficient (Wildman–Crippen LogP) is 3.49. The number of hydrogen-bond acceptors (Lipinski definition) is 3. The molecule has 5 nitrogen and oxygen atoms in total. The van der Waals surface area contributed by atoms with E-state index in [9.17, 15) is 8.42 Å². The highest BCUT2D eigenvalue weighted by atomic mass is 35.5. The van der Waals surface area contributed by atoms with E-state index in [0.29, 0.717) is 21.6 Å². The molecule has 0 fully saturated rings. The molecule has 1 heterocycles. The summed E-state index contributed by atoms with van der Waals surface area (Å²) in [6.07, 6.45) is 1.67. The van der Waals surface area contributed by atoms with E-state index in [2.05, 4.69) is 4.98 Å². The number of halogens is 2. The molecule has 0 atom stereocenters. The van der Waals surface area contributed by atoms with Crippen LogP contribution in [0.4, 0.5) is 0 Å². The van der Waals surface area contributed by atoms with Gasteiger partial charge in [0.05, 0.1) is 4.90 Å². The Morgan fingerprint density at radius 2 is 1.57 bits per heavy atom. The Morgan fingerprint density at radius 1 is 0.957 bits per heavy atom. The maximum absolute atomic E-state index is 11.3. The van der Waals surface area contributed by atoms with Gasteiger partial charge in [0.25, 0.3) is 0 Å². The lowest BCUT2D eigenvalue weighted by molar-refractivity contribution is 0.598. The topological polar surface area (TPSA) is 78.0 Å². The third-order valence-corrected chi connectivity index (χ3v) is 4.59. The molecule has 0 aliphatic heterocycles. The zero-order chi connectivity index (χ0) is 16.6. The van der Waals surface area contributed by atoms with Crippen molar-refractivity contribution in [1.29, 1.82) is 0 Å². The fourth-order valence-corrected chi connectivity index (χ4v) is 2.97. The number of nitrogens with two attached hydrogens (primary N) is 1. The number of benzene rings is 2. The highest BCUT2D eigenvalue weighted by molar-refractivity contribution is 7.89. The molecular formula is C15H11Cl2N3O2S. The fraction of sp³-hybridized carbons (Fsp3) is 0. The van der Waals surface area contributed by atoms with E-state index in [-0.39, 0.29) is 4.90 Å². The summed E-state index contributed by atoms with van der Waals surface area (Å²) in [5, 5.41) is 6.05. The van der Waals surface area contributed by atoms with Crippen LogP contribution in [0, 0.1) is 0 Å². The summed E-state index contributed by atoms with van der Waals surface area (Å²) < 4.78 is 24.5. The monoisotopic (exact) mass is 367 g/mol. The smallest absolute Gasteiger partial charge is 0.238 e. The van der Waals surface area contributed by atoms with Crippen molar-refractivity contribution in [1.82, 2.24) is 9.55 Å². The second-order valence-electron chi connectivity index (χ2n) is 4.80. The van der Waals surface area contributed by atoms with Gasteiger partial charge >= 0.3 is 0 Å². The van der Waals surface area contributed by atoms with Crippen LogP contribution >= 0.6 is 23.2 Å². The number of nitrogens with zero attached hydrogens (tertiary/aromatic N) is 2. The van der Waals surface area contributed by atoms with Gasteiger partial charge in [0.15, 0.2) is 0 Å². The van der Waals surface area contributed by atoms with Crippen LogP contribution in [0.25, 0.3) is 17.1 Å². The van der Waals surface area contributed by atoms with Gasteiger partial charge in [-0.2, -0.15) is 0 Å². The lowest BCUT2D eigenvalue weighted by Crippen LogP contribution is -2.11. The number of sulfonamides is 1. The lowest BCUT2D eigenvalue weighted by atomic mass is 10.2. The van der Waals surface area contributed by atoms with E-state index in [0.717, 1.165) is 5.69 Å². The number of rotatable bonds is 3. The van der Waals surface area contributed by atoms with Gasteiger partial charge in [-0.25, -0.2) is 18.5 Å². The van der Waals surface area contributed by atoms with Crippen molar-refractivity contribution in [2.75, 3.05) is 0 Å². The zero-order valence-corrected chi connectivity index (χ0v) is 14.0. The van der Waals surface area contributed by atoms with E-state index < -0.39 is 10.0 Å². The molecule has 0 unspecified atom stereocenters. The first-order chi connectivity index (χ1) is 10.8. The summed E-state index contributed by atoms with van der Waals surface area (Å²) in [5.41, 5.74) is 1.54. The van der Waals surface area contributed by atoms with Crippen LogP contribution in [0.3, 0.4) is 0 Å². The molecule has 0 amide bonds. The standard InChI is InChI=1S/C15H11Cl2N3O2S/c16-11-3-5-12(6-4-11)20-9-14(17)19-15(20)10-1-7-13(8-2-10)23(18,21)22/h1-9H,(H2,18,21,22). The van der Waals surface area contributed by atoms with Crippen molar-refractivity contribution in [3.8, 4) is 17.1 Å². The molecule has 0 aliphatic rings. The van der Waals surface area contributed by atoms with Gasteiger partial charge in [-0.3, -0.25) is 4.57 Å². The summed E-state index contributed by atoms with van der Waals surface area (Å²) in [4.78, 5) is 4.33. The van der Waals surface area contributed by atoms with E-state index in [1.54, 1.807) is 35.0 Å². The maximum atomic E-state index is 11.3. The highest BCUT2D eigenvalue weighted by Crippen LogP contribution is 2.26. The minimum absolute atomic E-state index is 0.0388. The molecule has 3 rings (SSSR count). The van der Waals surface area contributed by atoms with Crippen LogP contribution in [-0.4, -0.2) is 18.0 Å². The van der Waals surface area contributed by atoms with E-state index >= 15 is 0 Å². The summed E-state index contributed by atoms with van der Waals surface area (Å²) >= 11 is 11.9. The average molecular weight is 368 g/mol. The molecule has 8 heteroatoms. The molecule has 0 radical (unpaired) electrons. The molecular weight excluding hydrogens is 357 g/mol. The molecule has 1 aromatic heterocycles. The molecule has 0 spiro atoms. The van der Waals surface area contributed by atoms with Gasteiger partial charge in [-0.1, -0.05) is 23.2 Å². The van der Waals surface area contributed by atoms with Crippen LogP contribution in [-0.2, 0) is 10.0 Å². The summed E-state index contributed by atoms with van der Waals surface area (Å²) in [7, 11) is -3.73. The van der Waals surface area contributed by atoms with Gasteiger partial charge in [-0.05, 0) is 48.5 Å². The Morgan fingerprint density at radius 3 is 2.13 bits per heavy atom. The molecule has 118 valence electrons. The fourth-order valence-electron chi connectivity index (χ4n) is 2.15. The number of primary sulfonamides is 1. The Labute approximate surface area is 143 Å². The molecule has 0 aliphatic carbocycles. The van der Waals surface area contributed by atoms with Gasteiger partial charge in [-0.15, -0.1) is 0 Å². The Balaban J connectivity index is 2.09. The minimum atomic E-state index is -3.73. The largest absolute Gasteiger partial charge is 0.298 e. The van der Waals surface area contributed by atoms with Gasteiger partial charge in [0.1, 0.15) is 11.0 Å². The summed E-state index contributed by atoms with van der Waals surface area (Å²) in [6.45, 7) is 0. The first kappa shape index (κ1) is 16.0. The quantitative estimate of drug-likeness (QED) is 0.769. The summed E-state index contributed by atoms with van der Waals surface area (Å²) in [6, 6.07) is 13.3. The van der Waals surface area contributed by atoms with Gasteiger partial charge in [0.2, 0.25) is 10.0 Å². The lowest BCUT2D eigenvalue weighted by Gasteiger charge is -2.08. The van der Waals surface area contributed by atoms with Crippen molar-refractivity contribution in [3.05, 3.63) is 64.9 Å². The predicted molar refractivity (Wildman–Crippen MR) is 90.4 cm³/mol. The molecule has 23 heavy (non-hydrogen) atoms. The second-order valence-corrected chi connectivity index (χ2v) is 7.19. The third kappa shape index (κ3) is 3.40. The number of imidazole rings is 1. The van der Waals surface area contributed by atoms with Gasteiger partial charge in [0, 0.05) is 22.5 Å². The maximum Gasteiger partial charge on any atom is 0.238 e. The van der Waals surface area contributed by atoms with Crippen LogP contribution in [0.15, 0.2) is 59.6 Å². The van der Waals surface area contributed by atoms with Crippen molar-refractivity contribution in [2.24, 2.45) is 5.14 Å². The zero-order valence-electron chi connectivity index (χ0n) is 11.6. The van der Waals surface area contributed by atoms with E-state index in [1.165, 1.54) is 12.1 Å². The van der Waals surface area contributed by atoms with Crippen LogP contribution in [0.2, 0.25) is 10.2 Å². The van der Waals surface area contributed by atoms with E-state index in [1.807, 2.05) is 12.1 Å². The SMILES string of the molecule is NS(=O)(=O)c1ccc(-c2nc(Cl)cn2-c2ccc(Cl)cc2)cc1. The van der Waals surface area contributed by atoms with Crippen LogP contribution in [0.1, 0.15) is 0 Å². The van der Waals surface area contributed by atoms with Crippen molar-refractivity contribution in [2.45, 2.75) is 4.90 Å². The Bertz CT molecular complexity index is 949. The molecule has 0 saturated carbocycles. The Hall–Kier alpha value is -1.86. The first-order valence-corrected chi connectivity index (χ1v) is 8.79. The first-order valence-electron chi connectivity index (χ1n) is 6.49. The molecule has 0 saturated heterocycles. The van der Waals surface area contributed by atoms with Crippen molar-refractivity contribution in [3.63, 3.8) is 0 Å². The van der Waals surface area contributed by atoms with Gasteiger partial charge < -0.3 is 0 Å². The van der Waals surface area contributed by atoms with Crippen molar-refractivity contribution >= 4 is 33.2 Å². The molecule has 2 aromatic carbocycles. The molecule has 0 bridgehead atoms. The molecule has 2 N–H and O–H groups in total. The van der Waals surface area contributed by atoms with Crippen LogP contribution in [0.5, 0.6) is 0 Å². The van der Waals surface area contributed by atoms with Crippen molar-refractivity contribution < 1.29 is 8.42 Å². The van der Waals surface area contributed by atoms with E-state index in [4.69, 9.17) is 28.3 Å².